The highest BCUT2D eigenvalue weighted by atomic mass is 32.2. The van der Waals surface area contributed by atoms with Crippen molar-refractivity contribution >= 4 is 11.8 Å². The standard InChI is InChI=1S/C13H10FN3OS/c1-8-4-12(18)17-13(16-8)19-7-10-5-11(14)3-2-9(10)6-15/h2-5H,7H2,1H3,(H,16,17,18). The van der Waals surface area contributed by atoms with E-state index in [1.54, 1.807) is 6.92 Å². The molecule has 0 spiro atoms. The van der Waals surface area contributed by atoms with Gasteiger partial charge < -0.3 is 4.98 Å². The quantitative estimate of drug-likeness (QED) is 0.689. The van der Waals surface area contributed by atoms with Crippen LogP contribution >= 0.6 is 11.8 Å². The number of rotatable bonds is 3. The molecule has 0 bridgehead atoms. The van der Waals surface area contributed by atoms with Crippen molar-refractivity contribution in [3.63, 3.8) is 0 Å². The molecule has 6 heteroatoms. The fraction of sp³-hybridized carbons (Fsp3) is 0.154. The number of hydrogen-bond donors (Lipinski definition) is 1. The Labute approximate surface area is 113 Å². The summed E-state index contributed by atoms with van der Waals surface area (Å²) in [6.07, 6.45) is 0. The van der Waals surface area contributed by atoms with Crippen LogP contribution in [0.3, 0.4) is 0 Å². The van der Waals surface area contributed by atoms with Crippen molar-refractivity contribution in [1.29, 1.82) is 5.26 Å². The van der Waals surface area contributed by atoms with Crippen LogP contribution in [-0.2, 0) is 5.75 Å². The van der Waals surface area contributed by atoms with Gasteiger partial charge in [0.2, 0.25) is 0 Å². The summed E-state index contributed by atoms with van der Waals surface area (Å²) in [7, 11) is 0. The number of aryl methyl sites for hydroxylation is 1. The van der Waals surface area contributed by atoms with Gasteiger partial charge in [-0.3, -0.25) is 4.79 Å². The Morgan fingerprint density at radius 3 is 2.95 bits per heavy atom. The fourth-order valence-corrected chi connectivity index (χ4v) is 2.47. The number of nitriles is 1. The second kappa shape index (κ2) is 5.67. The van der Waals surface area contributed by atoms with Crippen LogP contribution in [0.4, 0.5) is 4.39 Å². The molecule has 1 heterocycles. The van der Waals surface area contributed by atoms with E-state index in [9.17, 15) is 9.18 Å². The molecular weight excluding hydrogens is 265 g/mol. The minimum absolute atomic E-state index is 0.227. The molecule has 4 nitrogen and oxygen atoms in total. The van der Waals surface area contributed by atoms with Crippen LogP contribution in [-0.4, -0.2) is 9.97 Å². The van der Waals surface area contributed by atoms with Crippen molar-refractivity contribution in [2.75, 3.05) is 0 Å². The molecule has 0 saturated heterocycles. The number of aromatic nitrogens is 2. The van der Waals surface area contributed by atoms with Gasteiger partial charge in [0.1, 0.15) is 5.82 Å². The molecular formula is C13H10FN3OS. The van der Waals surface area contributed by atoms with Crippen LogP contribution in [0.2, 0.25) is 0 Å². The van der Waals surface area contributed by atoms with Crippen molar-refractivity contribution in [2.24, 2.45) is 0 Å². The Balaban J connectivity index is 2.21. The number of aromatic amines is 1. The Hall–Kier alpha value is -2.13. The van der Waals surface area contributed by atoms with Crippen LogP contribution in [0.25, 0.3) is 0 Å². The fourth-order valence-electron chi connectivity index (χ4n) is 1.56. The van der Waals surface area contributed by atoms with Gasteiger partial charge in [0, 0.05) is 17.5 Å². The maximum absolute atomic E-state index is 13.1. The predicted molar refractivity (Wildman–Crippen MR) is 70.3 cm³/mol. The van der Waals surface area contributed by atoms with Gasteiger partial charge in [0.25, 0.3) is 5.56 Å². The second-order valence-corrected chi connectivity index (χ2v) is 4.86. The molecule has 19 heavy (non-hydrogen) atoms. The van der Waals surface area contributed by atoms with Crippen molar-refractivity contribution < 1.29 is 4.39 Å². The van der Waals surface area contributed by atoms with Gasteiger partial charge in [-0.05, 0) is 30.7 Å². The van der Waals surface area contributed by atoms with E-state index in [-0.39, 0.29) is 11.4 Å². The van der Waals surface area contributed by atoms with E-state index in [0.717, 1.165) is 0 Å². The third-order valence-corrected chi connectivity index (χ3v) is 3.32. The average molecular weight is 275 g/mol. The minimum atomic E-state index is -0.389. The summed E-state index contributed by atoms with van der Waals surface area (Å²) in [6, 6.07) is 7.42. The zero-order valence-corrected chi connectivity index (χ0v) is 10.9. The lowest BCUT2D eigenvalue weighted by Gasteiger charge is -2.04. The highest BCUT2D eigenvalue weighted by Crippen LogP contribution is 2.21. The largest absolute Gasteiger partial charge is 0.301 e. The summed E-state index contributed by atoms with van der Waals surface area (Å²) in [5.74, 6) is -0.0205. The van der Waals surface area contributed by atoms with Gasteiger partial charge in [0.15, 0.2) is 5.16 Å². The molecule has 0 aliphatic heterocycles. The SMILES string of the molecule is Cc1cc(=O)[nH]c(SCc2cc(F)ccc2C#N)n1. The Morgan fingerprint density at radius 2 is 2.26 bits per heavy atom. The number of halogens is 1. The topological polar surface area (TPSA) is 69.5 Å². The molecule has 0 fully saturated rings. The number of benzene rings is 1. The van der Waals surface area contributed by atoms with Gasteiger partial charge in [-0.15, -0.1) is 0 Å². The van der Waals surface area contributed by atoms with Crippen molar-refractivity contribution in [3.05, 3.63) is 57.3 Å². The minimum Gasteiger partial charge on any atom is -0.301 e. The number of thioether (sulfide) groups is 1. The Morgan fingerprint density at radius 1 is 1.47 bits per heavy atom. The molecule has 0 atom stereocenters. The molecule has 0 aliphatic rings. The van der Waals surface area contributed by atoms with E-state index in [2.05, 4.69) is 9.97 Å². The van der Waals surface area contributed by atoms with Crippen molar-refractivity contribution in [3.8, 4) is 6.07 Å². The zero-order chi connectivity index (χ0) is 13.8. The number of H-pyrrole nitrogens is 1. The number of nitrogens with zero attached hydrogens (tertiary/aromatic N) is 2. The molecule has 0 amide bonds. The van der Waals surface area contributed by atoms with Gasteiger partial charge in [0.05, 0.1) is 11.6 Å². The first-order valence-corrected chi connectivity index (χ1v) is 6.46. The highest BCUT2D eigenvalue weighted by molar-refractivity contribution is 7.98. The number of hydrogen-bond acceptors (Lipinski definition) is 4. The molecule has 0 radical (unpaired) electrons. The van der Waals surface area contributed by atoms with Crippen molar-refractivity contribution in [1.82, 2.24) is 9.97 Å². The zero-order valence-electron chi connectivity index (χ0n) is 10.1. The summed E-state index contributed by atoms with van der Waals surface area (Å²) in [5, 5.41) is 9.40. The molecule has 2 aromatic rings. The van der Waals surface area contributed by atoms with Crippen LogP contribution in [0.15, 0.2) is 34.2 Å². The van der Waals surface area contributed by atoms with Gasteiger partial charge in [-0.1, -0.05) is 11.8 Å². The van der Waals surface area contributed by atoms with E-state index in [0.29, 0.717) is 27.7 Å². The summed E-state index contributed by atoms with van der Waals surface area (Å²) in [5.41, 5.74) is 1.39. The lowest BCUT2D eigenvalue weighted by atomic mass is 10.1. The predicted octanol–water partition coefficient (Wildman–Crippen LogP) is 2.38. The van der Waals surface area contributed by atoms with Gasteiger partial charge in [-0.2, -0.15) is 5.26 Å². The Bertz CT molecular complexity index is 706. The summed E-state index contributed by atoms with van der Waals surface area (Å²) < 4.78 is 13.1. The molecule has 0 aliphatic carbocycles. The maximum atomic E-state index is 13.1. The van der Waals surface area contributed by atoms with E-state index in [1.165, 1.54) is 36.0 Å². The molecule has 1 aromatic carbocycles. The van der Waals surface area contributed by atoms with E-state index < -0.39 is 0 Å². The lowest BCUT2D eigenvalue weighted by molar-refractivity contribution is 0.626. The van der Waals surface area contributed by atoms with Crippen LogP contribution in [0.5, 0.6) is 0 Å². The van der Waals surface area contributed by atoms with Crippen LogP contribution < -0.4 is 5.56 Å². The van der Waals surface area contributed by atoms with E-state index >= 15 is 0 Å². The third kappa shape index (κ3) is 3.42. The molecule has 2 rings (SSSR count). The normalized spacial score (nSPS) is 10.2. The summed E-state index contributed by atoms with van der Waals surface area (Å²) in [4.78, 5) is 18.0. The first-order chi connectivity index (χ1) is 9.08. The van der Waals surface area contributed by atoms with Gasteiger partial charge >= 0.3 is 0 Å². The van der Waals surface area contributed by atoms with E-state index in [4.69, 9.17) is 5.26 Å². The summed E-state index contributed by atoms with van der Waals surface area (Å²) in [6.45, 7) is 1.72. The van der Waals surface area contributed by atoms with Crippen LogP contribution in [0, 0.1) is 24.1 Å². The maximum Gasteiger partial charge on any atom is 0.251 e. The lowest BCUT2D eigenvalue weighted by Crippen LogP contribution is -2.08. The molecule has 0 unspecified atom stereocenters. The monoisotopic (exact) mass is 275 g/mol. The highest BCUT2D eigenvalue weighted by Gasteiger charge is 2.06. The first-order valence-electron chi connectivity index (χ1n) is 5.48. The molecule has 1 N–H and O–H groups in total. The van der Waals surface area contributed by atoms with Gasteiger partial charge in [-0.25, -0.2) is 9.37 Å². The molecule has 1 aromatic heterocycles. The average Bonchev–Trinajstić information content (AvgIpc) is 2.35. The molecule has 0 saturated carbocycles. The smallest absolute Gasteiger partial charge is 0.251 e. The summed E-state index contributed by atoms with van der Waals surface area (Å²) >= 11 is 1.26. The van der Waals surface area contributed by atoms with E-state index in [1.807, 2.05) is 6.07 Å². The second-order valence-electron chi connectivity index (χ2n) is 3.89. The van der Waals surface area contributed by atoms with Crippen LogP contribution in [0.1, 0.15) is 16.8 Å². The first kappa shape index (κ1) is 13.3. The number of nitrogens with one attached hydrogen (secondary N) is 1. The Kier molecular flexibility index (Phi) is 3.97. The molecule has 96 valence electrons. The third-order valence-electron chi connectivity index (χ3n) is 2.40. The van der Waals surface area contributed by atoms with Crippen molar-refractivity contribution in [2.45, 2.75) is 17.8 Å².